The lowest BCUT2D eigenvalue weighted by Crippen LogP contribution is -2.05. The molecule has 0 unspecified atom stereocenters. The van der Waals surface area contributed by atoms with Crippen molar-refractivity contribution < 1.29 is 9.47 Å². The minimum atomic E-state index is 0.272. The van der Waals surface area contributed by atoms with Crippen molar-refractivity contribution in [2.45, 2.75) is 0 Å². The molecule has 0 aliphatic rings. The number of aromatic nitrogens is 2. The van der Waals surface area contributed by atoms with Crippen LogP contribution in [0.15, 0.2) is 12.4 Å². The fraction of sp³-hybridized carbons (Fsp3) is 0.429. The van der Waals surface area contributed by atoms with Gasteiger partial charge in [-0.15, -0.1) is 0 Å². The molecule has 0 spiro atoms. The minimum Gasteiger partial charge on any atom is -0.473 e. The summed E-state index contributed by atoms with van der Waals surface area (Å²) in [5.74, 6) is 0.344. The van der Waals surface area contributed by atoms with E-state index in [0.717, 1.165) is 0 Å². The predicted molar refractivity (Wildman–Crippen MR) is 44.4 cm³/mol. The zero-order valence-electron chi connectivity index (χ0n) is 6.66. The Morgan fingerprint density at radius 2 is 2.08 bits per heavy atom. The van der Waals surface area contributed by atoms with E-state index in [4.69, 9.17) is 21.1 Å². The highest BCUT2D eigenvalue weighted by Gasteiger charge is 2.01. The van der Waals surface area contributed by atoms with E-state index >= 15 is 0 Å². The number of ether oxygens (including phenoxy) is 2. The Hall–Kier alpha value is -0.870. The molecule has 0 atom stereocenters. The molecule has 5 heteroatoms. The summed E-state index contributed by atoms with van der Waals surface area (Å²) < 4.78 is 9.93. The molecular weight excluding hydrogens is 180 g/mol. The lowest BCUT2D eigenvalue weighted by atomic mass is 10.7. The second kappa shape index (κ2) is 4.90. The average Bonchev–Trinajstić information content (AvgIpc) is 2.09. The first-order chi connectivity index (χ1) is 5.84. The third-order valence-corrected chi connectivity index (χ3v) is 1.41. The van der Waals surface area contributed by atoms with Crippen molar-refractivity contribution in [2.75, 3.05) is 20.3 Å². The molecule has 66 valence electrons. The Bertz CT molecular complexity index is 245. The lowest BCUT2D eigenvalue weighted by Gasteiger charge is -2.03. The second-order valence-corrected chi connectivity index (χ2v) is 2.35. The molecule has 0 fully saturated rings. The van der Waals surface area contributed by atoms with Crippen molar-refractivity contribution in [3.05, 3.63) is 17.5 Å². The van der Waals surface area contributed by atoms with Gasteiger partial charge in [0.05, 0.1) is 6.61 Å². The molecule has 0 aliphatic carbocycles. The molecule has 0 radical (unpaired) electrons. The molecule has 0 saturated heterocycles. The molecule has 0 saturated carbocycles. The van der Waals surface area contributed by atoms with Gasteiger partial charge >= 0.3 is 0 Å². The normalized spacial score (nSPS) is 9.83. The van der Waals surface area contributed by atoms with Gasteiger partial charge in [0, 0.05) is 19.5 Å². The Morgan fingerprint density at radius 3 is 2.75 bits per heavy atom. The molecule has 1 aromatic rings. The van der Waals surface area contributed by atoms with Crippen molar-refractivity contribution in [1.29, 1.82) is 0 Å². The highest BCUT2D eigenvalue weighted by atomic mass is 35.5. The van der Waals surface area contributed by atoms with Gasteiger partial charge in [-0.1, -0.05) is 11.6 Å². The van der Waals surface area contributed by atoms with Crippen molar-refractivity contribution in [1.82, 2.24) is 9.97 Å². The van der Waals surface area contributed by atoms with Gasteiger partial charge < -0.3 is 9.47 Å². The monoisotopic (exact) mass is 188 g/mol. The summed E-state index contributed by atoms with van der Waals surface area (Å²) >= 11 is 5.66. The van der Waals surface area contributed by atoms with Gasteiger partial charge in [0.25, 0.3) is 5.88 Å². The second-order valence-electron chi connectivity index (χ2n) is 1.99. The van der Waals surface area contributed by atoms with Crippen molar-refractivity contribution in [3.8, 4) is 5.88 Å². The molecule has 0 bridgehead atoms. The van der Waals surface area contributed by atoms with Crippen molar-refractivity contribution >= 4 is 11.6 Å². The van der Waals surface area contributed by atoms with Gasteiger partial charge in [-0.25, -0.2) is 9.97 Å². The molecular formula is C7H9ClN2O2. The third kappa shape index (κ3) is 2.64. The van der Waals surface area contributed by atoms with E-state index in [1.807, 2.05) is 0 Å². The van der Waals surface area contributed by atoms with Crippen LogP contribution in [0.2, 0.25) is 5.15 Å². The highest BCUT2D eigenvalue weighted by molar-refractivity contribution is 6.30. The third-order valence-electron chi connectivity index (χ3n) is 1.15. The molecule has 4 nitrogen and oxygen atoms in total. The summed E-state index contributed by atoms with van der Waals surface area (Å²) in [6, 6.07) is 0. The van der Waals surface area contributed by atoms with Crippen LogP contribution in [0.5, 0.6) is 5.88 Å². The first-order valence-corrected chi connectivity index (χ1v) is 3.80. The average molecular weight is 189 g/mol. The van der Waals surface area contributed by atoms with E-state index in [-0.39, 0.29) is 5.15 Å². The first-order valence-electron chi connectivity index (χ1n) is 3.43. The van der Waals surface area contributed by atoms with Crippen LogP contribution in [-0.2, 0) is 4.74 Å². The molecule has 0 N–H and O–H groups in total. The van der Waals surface area contributed by atoms with Crippen LogP contribution in [0.1, 0.15) is 0 Å². The quantitative estimate of drug-likeness (QED) is 0.665. The number of hydrogen-bond acceptors (Lipinski definition) is 4. The molecule has 1 rings (SSSR count). The fourth-order valence-corrected chi connectivity index (χ4v) is 0.786. The molecule has 12 heavy (non-hydrogen) atoms. The van der Waals surface area contributed by atoms with Gasteiger partial charge in [0.15, 0.2) is 5.15 Å². The van der Waals surface area contributed by atoms with Crippen molar-refractivity contribution in [3.63, 3.8) is 0 Å². The van der Waals surface area contributed by atoms with E-state index in [0.29, 0.717) is 19.1 Å². The predicted octanol–water partition coefficient (Wildman–Crippen LogP) is 1.16. The van der Waals surface area contributed by atoms with Gasteiger partial charge in [0.2, 0.25) is 0 Å². The summed E-state index contributed by atoms with van der Waals surface area (Å²) in [4.78, 5) is 7.67. The standard InChI is InChI=1S/C7H9ClN2O2/c1-11-4-5-12-7-6(8)9-2-3-10-7/h2-3H,4-5H2,1H3. The van der Waals surface area contributed by atoms with Crippen LogP contribution in [0.3, 0.4) is 0 Å². The van der Waals surface area contributed by atoms with E-state index in [2.05, 4.69) is 9.97 Å². The van der Waals surface area contributed by atoms with Crippen molar-refractivity contribution in [2.24, 2.45) is 0 Å². The lowest BCUT2D eigenvalue weighted by molar-refractivity contribution is 0.143. The largest absolute Gasteiger partial charge is 0.473 e. The van der Waals surface area contributed by atoms with E-state index in [1.54, 1.807) is 7.11 Å². The zero-order valence-corrected chi connectivity index (χ0v) is 7.41. The van der Waals surface area contributed by atoms with Gasteiger partial charge in [-0.2, -0.15) is 0 Å². The van der Waals surface area contributed by atoms with Crippen LogP contribution in [0, 0.1) is 0 Å². The maximum absolute atomic E-state index is 5.66. The number of nitrogens with zero attached hydrogens (tertiary/aromatic N) is 2. The topological polar surface area (TPSA) is 44.2 Å². The molecule has 0 amide bonds. The first kappa shape index (κ1) is 9.22. The van der Waals surface area contributed by atoms with Crippen LogP contribution < -0.4 is 4.74 Å². The number of hydrogen-bond donors (Lipinski definition) is 0. The number of methoxy groups -OCH3 is 1. The SMILES string of the molecule is COCCOc1nccnc1Cl. The number of halogens is 1. The van der Waals surface area contributed by atoms with Gasteiger partial charge in [0.1, 0.15) is 6.61 Å². The molecule has 1 heterocycles. The fourth-order valence-electron chi connectivity index (χ4n) is 0.627. The smallest absolute Gasteiger partial charge is 0.252 e. The minimum absolute atomic E-state index is 0.272. The van der Waals surface area contributed by atoms with Gasteiger partial charge in [-0.3, -0.25) is 0 Å². The highest BCUT2D eigenvalue weighted by Crippen LogP contribution is 2.16. The summed E-state index contributed by atoms with van der Waals surface area (Å²) in [6.45, 7) is 0.932. The van der Waals surface area contributed by atoms with E-state index < -0.39 is 0 Å². The van der Waals surface area contributed by atoms with Crippen LogP contribution in [0.25, 0.3) is 0 Å². The summed E-state index contributed by atoms with van der Waals surface area (Å²) in [6.07, 6.45) is 3.03. The summed E-state index contributed by atoms with van der Waals surface area (Å²) in [7, 11) is 1.60. The van der Waals surface area contributed by atoms with Gasteiger partial charge in [-0.05, 0) is 0 Å². The molecule has 1 aromatic heterocycles. The Labute approximate surface area is 75.5 Å². The number of rotatable bonds is 4. The van der Waals surface area contributed by atoms with E-state index in [1.165, 1.54) is 12.4 Å². The molecule has 0 aromatic carbocycles. The summed E-state index contributed by atoms with van der Waals surface area (Å²) in [5, 5.41) is 0.272. The Morgan fingerprint density at radius 1 is 1.33 bits per heavy atom. The Kier molecular flexibility index (Phi) is 3.76. The van der Waals surface area contributed by atoms with Crippen LogP contribution >= 0.6 is 11.6 Å². The zero-order chi connectivity index (χ0) is 8.81. The Balaban J connectivity index is 2.46. The molecule has 0 aliphatic heterocycles. The summed E-state index contributed by atoms with van der Waals surface area (Å²) in [5.41, 5.74) is 0. The van der Waals surface area contributed by atoms with Crippen LogP contribution in [0.4, 0.5) is 0 Å². The maximum Gasteiger partial charge on any atom is 0.252 e. The maximum atomic E-state index is 5.66. The van der Waals surface area contributed by atoms with E-state index in [9.17, 15) is 0 Å². The van der Waals surface area contributed by atoms with Crippen LogP contribution in [-0.4, -0.2) is 30.3 Å².